The van der Waals surface area contributed by atoms with Crippen LogP contribution in [0.15, 0.2) is 55.4 Å². The van der Waals surface area contributed by atoms with Gasteiger partial charge >= 0.3 is 6.18 Å². The molecule has 4 aromatic heterocycles. The maximum Gasteiger partial charge on any atom is 0.434 e. The quantitative estimate of drug-likeness (QED) is 0.337. The highest BCUT2D eigenvalue weighted by Crippen LogP contribution is 2.32. The summed E-state index contributed by atoms with van der Waals surface area (Å²) in [5.74, 6) is 1.43. The molecule has 0 aliphatic rings. The van der Waals surface area contributed by atoms with Gasteiger partial charge in [0.25, 0.3) is 0 Å². The third kappa shape index (κ3) is 4.79. The van der Waals surface area contributed by atoms with Gasteiger partial charge in [0.05, 0.1) is 7.11 Å². The fourth-order valence-corrected chi connectivity index (χ4v) is 3.79. The van der Waals surface area contributed by atoms with Crippen LogP contribution in [-0.2, 0) is 12.7 Å². The molecule has 4 heterocycles. The van der Waals surface area contributed by atoms with Gasteiger partial charge < -0.3 is 14.6 Å². The molecule has 5 rings (SSSR count). The topological polar surface area (TPSA) is 108 Å². The Hall–Kier alpha value is -4.55. The van der Waals surface area contributed by atoms with E-state index >= 15 is 0 Å². The third-order valence-electron chi connectivity index (χ3n) is 5.61. The molecule has 5 aromatic rings. The average molecular weight is 509 g/mol. The van der Waals surface area contributed by atoms with Crippen LogP contribution in [0, 0.1) is 0 Å². The maximum absolute atomic E-state index is 13.2. The first-order chi connectivity index (χ1) is 17.7. The molecule has 0 aliphatic carbocycles. The highest BCUT2D eigenvalue weighted by atomic mass is 19.4. The van der Waals surface area contributed by atoms with Crippen LogP contribution in [0.4, 0.5) is 19.0 Å². The van der Waals surface area contributed by atoms with Crippen LogP contribution in [0.5, 0.6) is 5.88 Å². The minimum atomic E-state index is -4.51. The molecule has 0 unspecified atom stereocenters. The fourth-order valence-electron chi connectivity index (χ4n) is 3.79. The smallest absolute Gasteiger partial charge is 0.434 e. The van der Waals surface area contributed by atoms with Gasteiger partial charge in [0.15, 0.2) is 23.0 Å². The summed E-state index contributed by atoms with van der Waals surface area (Å²) < 4.78 is 48.1. The van der Waals surface area contributed by atoms with Crippen molar-refractivity contribution in [3.05, 3.63) is 66.6 Å². The second-order valence-corrected chi connectivity index (χ2v) is 8.42. The predicted molar refractivity (Wildman–Crippen MR) is 129 cm³/mol. The number of nitrogens with one attached hydrogen (secondary N) is 1. The predicted octanol–water partition coefficient (Wildman–Crippen LogP) is 4.67. The van der Waals surface area contributed by atoms with Gasteiger partial charge in [-0.2, -0.15) is 13.2 Å². The van der Waals surface area contributed by atoms with Crippen LogP contribution in [-0.4, -0.2) is 46.2 Å². The van der Waals surface area contributed by atoms with Gasteiger partial charge in [-0.25, -0.2) is 29.4 Å². The van der Waals surface area contributed by atoms with Gasteiger partial charge in [-0.15, -0.1) is 5.10 Å². The van der Waals surface area contributed by atoms with Crippen LogP contribution in [0.2, 0.25) is 0 Å². The summed E-state index contributed by atoms with van der Waals surface area (Å²) in [5, 5.41) is 7.74. The Morgan fingerprint density at radius 3 is 2.57 bits per heavy atom. The third-order valence-corrected chi connectivity index (χ3v) is 5.61. The molecular weight excluding hydrogens is 487 g/mol. The molecule has 10 nitrogen and oxygen atoms in total. The average Bonchev–Trinajstić information content (AvgIpc) is 3.55. The van der Waals surface area contributed by atoms with Crippen LogP contribution in [0.25, 0.3) is 28.4 Å². The molecule has 0 amide bonds. The van der Waals surface area contributed by atoms with Crippen molar-refractivity contribution in [3.63, 3.8) is 0 Å². The van der Waals surface area contributed by atoms with Crippen LogP contribution < -0.4 is 10.1 Å². The zero-order chi connectivity index (χ0) is 26.2. The van der Waals surface area contributed by atoms with Crippen molar-refractivity contribution < 1.29 is 17.9 Å². The standard InChI is InChI=1S/C24H22F3N9O/c1-14(2)35-12-18(24(25,26)27)32-21(35)16-6-4-15(5-7-16)10-30-20-22-29-8-9-36(22)34-19(33-20)17-11-28-13-31-23(17)37-3/h4-9,11-14H,10H2,1-3H3,(H,30,33,34). The molecule has 0 spiro atoms. The lowest BCUT2D eigenvalue weighted by molar-refractivity contribution is -0.140. The van der Waals surface area contributed by atoms with Gasteiger partial charge in [0.1, 0.15) is 17.7 Å². The molecule has 0 atom stereocenters. The van der Waals surface area contributed by atoms with E-state index in [1.54, 1.807) is 35.2 Å². The Bertz CT molecular complexity index is 1540. The second kappa shape index (κ2) is 9.48. The number of hydrogen-bond acceptors (Lipinski definition) is 8. The van der Waals surface area contributed by atoms with Crippen molar-refractivity contribution in [1.29, 1.82) is 0 Å². The number of imidazole rings is 2. The summed E-state index contributed by atoms with van der Waals surface area (Å²) in [6.07, 6.45) is 2.78. The Morgan fingerprint density at radius 1 is 1.08 bits per heavy atom. The van der Waals surface area contributed by atoms with E-state index in [0.29, 0.717) is 40.8 Å². The molecule has 0 saturated heterocycles. The number of alkyl halides is 3. The number of nitrogens with zero attached hydrogens (tertiary/aromatic N) is 8. The normalized spacial score (nSPS) is 11.9. The zero-order valence-corrected chi connectivity index (χ0v) is 20.1. The van der Waals surface area contributed by atoms with E-state index in [4.69, 9.17) is 4.74 Å². The van der Waals surface area contributed by atoms with E-state index < -0.39 is 11.9 Å². The number of benzene rings is 1. The van der Waals surface area contributed by atoms with Gasteiger partial charge in [-0.05, 0) is 19.4 Å². The molecule has 37 heavy (non-hydrogen) atoms. The number of rotatable bonds is 7. The van der Waals surface area contributed by atoms with Crippen molar-refractivity contribution in [2.24, 2.45) is 0 Å². The first kappa shape index (κ1) is 24.2. The van der Waals surface area contributed by atoms with E-state index in [0.717, 1.165) is 11.8 Å². The van der Waals surface area contributed by atoms with Crippen LogP contribution in [0.1, 0.15) is 31.1 Å². The van der Waals surface area contributed by atoms with Crippen molar-refractivity contribution in [2.75, 3.05) is 12.4 Å². The zero-order valence-electron chi connectivity index (χ0n) is 20.1. The Morgan fingerprint density at radius 2 is 1.86 bits per heavy atom. The lowest BCUT2D eigenvalue weighted by Gasteiger charge is -2.12. The fraction of sp³-hybridized carbons (Fsp3) is 0.250. The number of aromatic nitrogens is 8. The van der Waals surface area contributed by atoms with Gasteiger partial charge in [-0.1, -0.05) is 24.3 Å². The highest BCUT2D eigenvalue weighted by molar-refractivity contribution is 5.68. The molecule has 0 fully saturated rings. The summed E-state index contributed by atoms with van der Waals surface area (Å²) >= 11 is 0. The summed E-state index contributed by atoms with van der Waals surface area (Å²) in [4.78, 5) is 20.9. The number of anilines is 1. The van der Waals surface area contributed by atoms with Crippen LogP contribution >= 0.6 is 0 Å². The Kier molecular flexibility index (Phi) is 6.19. The molecule has 13 heteroatoms. The molecule has 1 N–H and O–H groups in total. The summed E-state index contributed by atoms with van der Waals surface area (Å²) in [6.45, 7) is 4.01. The number of methoxy groups -OCH3 is 1. The molecular formula is C24H22F3N9O. The molecule has 0 bridgehead atoms. The molecule has 190 valence electrons. The molecule has 0 saturated carbocycles. The monoisotopic (exact) mass is 509 g/mol. The van der Waals surface area contributed by atoms with Gasteiger partial charge in [0, 0.05) is 42.9 Å². The maximum atomic E-state index is 13.2. The van der Waals surface area contributed by atoms with Gasteiger partial charge in [-0.3, -0.25) is 0 Å². The Labute approximate surface area is 209 Å². The Balaban J connectivity index is 1.41. The lowest BCUT2D eigenvalue weighted by atomic mass is 10.1. The number of fused-ring (bicyclic) bond motifs is 1. The first-order valence-corrected chi connectivity index (χ1v) is 11.3. The summed E-state index contributed by atoms with van der Waals surface area (Å²) in [7, 11) is 1.50. The van der Waals surface area contributed by atoms with E-state index in [2.05, 4.69) is 35.3 Å². The minimum absolute atomic E-state index is 0.183. The molecule has 0 radical (unpaired) electrons. The van der Waals surface area contributed by atoms with E-state index in [1.807, 2.05) is 26.0 Å². The first-order valence-electron chi connectivity index (χ1n) is 11.3. The second-order valence-electron chi connectivity index (χ2n) is 8.42. The molecule has 1 aromatic carbocycles. The molecule has 0 aliphatic heterocycles. The number of ether oxygens (including phenoxy) is 1. The largest absolute Gasteiger partial charge is 0.480 e. The SMILES string of the molecule is COc1ncncc1-c1nc(NCc2ccc(-c3nc(C(F)(F)F)cn3C(C)C)cc2)c2nccn2n1. The highest BCUT2D eigenvalue weighted by Gasteiger charge is 2.35. The van der Waals surface area contributed by atoms with Crippen molar-refractivity contribution in [3.8, 4) is 28.7 Å². The minimum Gasteiger partial charge on any atom is -0.480 e. The lowest BCUT2D eigenvalue weighted by Crippen LogP contribution is -2.08. The van der Waals surface area contributed by atoms with E-state index in [9.17, 15) is 13.2 Å². The number of halogens is 3. The van der Waals surface area contributed by atoms with E-state index in [-0.39, 0.29) is 11.9 Å². The summed E-state index contributed by atoms with van der Waals surface area (Å²) in [6, 6.07) is 6.97. The number of hydrogen-bond donors (Lipinski definition) is 1. The van der Waals surface area contributed by atoms with Crippen molar-refractivity contribution in [1.82, 2.24) is 39.1 Å². The summed E-state index contributed by atoms with van der Waals surface area (Å²) in [5.41, 5.74) is 1.60. The van der Waals surface area contributed by atoms with Crippen LogP contribution in [0.3, 0.4) is 0 Å². The van der Waals surface area contributed by atoms with E-state index in [1.165, 1.54) is 18.0 Å². The van der Waals surface area contributed by atoms with Gasteiger partial charge in [0.2, 0.25) is 5.88 Å². The van der Waals surface area contributed by atoms with Crippen molar-refractivity contribution in [2.45, 2.75) is 32.6 Å². The van der Waals surface area contributed by atoms with Crippen molar-refractivity contribution >= 4 is 11.5 Å².